The van der Waals surface area contributed by atoms with Crippen LogP contribution in [0.15, 0.2) is 29.4 Å². The summed E-state index contributed by atoms with van der Waals surface area (Å²) in [5.41, 5.74) is 0.886. The monoisotopic (exact) mass is 283 g/mol. The van der Waals surface area contributed by atoms with Crippen LogP contribution in [0.4, 0.5) is 0 Å². The Morgan fingerprint density at radius 2 is 2.11 bits per heavy atom. The summed E-state index contributed by atoms with van der Waals surface area (Å²) in [7, 11) is 0. The molecule has 0 fully saturated rings. The van der Waals surface area contributed by atoms with E-state index in [4.69, 9.17) is 16.7 Å². The second kappa shape index (κ2) is 5.88. The largest absolute Gasteiger partial charge is 0.481 e. The van der Waals surface area contributed by atoms with E-state index in [1.54, 1.807) is 12.1 Å². The maximum Gasteiger partial charge on any atom is 0.304 e. The fraction of sp³-hybridized carbons (Fsp3) is 0.182. The van der Waals surface area contributed by atoms with E-state index >= 15 is 0 Å². The highest BCUT2D eigenvalue weighted by atomic mass is 35.5. The topological polar surface area (TPSA) is 78.9 Å². The molecule has 1 heterocycles. The van der Waals surface area contributed by atoms with E-state index < -0.39 is 5.97 Å². The van der Waals surface area contributed by atoms with Crippen LogP contribution in [0.2, 0.25) is 5.02 Å². The first-order chi connectivity index (χ1) is 8.65. The number of aromatic amines is 1. The molecule has 0 unspecified atom stereocenters. The Morgan fingerprint density at radius 3 is 2.78 bits per heavy atom. The Hall–Kier alpha value is -1.53. The molecule has 0 bridgehead atoms. The molecule has 0 aliphatic heterocycles. The number of hydrogen-bond donors (Lipinski definition) is 2. The van der Waals surface area contributed by atoms with Crippen molar-refractivity contribution in [2.75, 3.05) is 5.75 Å². The minimum absolute atomic E-state index is 0.0927. The molecule has 0 radical (unpaired) electrons. The zero-order chi connectivity index (χ0) is 13.0. The van der Waals surface area contributed by atoms with Crippen molar-refractivity contribution in [3.8, 4) is 11.4 Å². The average Bonchev–Trinajstić information content (AvgIpc) is 2.78. The Kier molecular flexibility index (Phi) is 4.22. The highest BCUT2D eigenvalue weighted by molar-refractivity contribution is 7.99. The van der Waals surface area contributed by atoms with Crippen molar-refractivity contribution in [3.63, 3.8) is 0 Å². The minimum Gasteiger partial charge on any atom is -0.481 e. The van der Waals surface area contributed by atoms with Crippen molar-refractivity contribution < 1.29 is 9.90 Å². The van der Waals surface area contributed by atoms with Crippen molar-refractivity contribution in [1.29, 1.82) is 0 Å². The van der Waals surface area contributed by atoms with Gasteiger partial charge in [0, 0.05) is 16.3 Å². The normalized spacial score (nSPS) is 10.5. The van der Waals surface area contributed by atoms with Gasteiger partial charge in [0.25, 0.3) is 0 Å². The first-order valence-corrected chi connectivity index (χ1v) is 6.54. The van der Waals surface area contributed by atoms with Crippen LogP contribution >= 0.6 is 23.4 Å². The number of aliphatic carboxylic acids is 1. The molecule has 0 aliphatic carbocycles. The van der Waals surface area contributed by atoms with Gasteiger partial charge in [-0.05, 0) is 24.3 Å². The number of nitrogens with one attached hydrogen (secondary N) is 1. The van der Waals surface area contributed by atoms with Crippen molar-refractivity contribution in [2.45, 2.75) is 11.6 Å². The number of hydrogen-bond acceptors (Lipinski definition) is 4. The van der Waals surface area contributed by atoms with Gasteiger partial charge in [0.2, 0.25) is 5.16 Å². The SMILES string of the molecule is O=C(O)CCSc1n[nH]c(-c2ccc(Cl)cc2)n1. The van der Waals surface area contributed by atoms with E-state index in [2.05, 4.69) is 15.2 Å². The molecule has 18 heavy (non-hydrogen) atoms. The summed E-state index contributed by atoms with van der Waals surface area (Å²) < 4.78 is 0. The van der Waals surface area contributed by atoms with Gasteiger partial charge in [-0.2, -0.15) is 0 Å². The number of benzene rings is 1. The molecular formula is C11H10ClN3O2S. The maximum atomic E-state index is 10.4. The number of rotatable bonds is 5. The number of aromatic nitrogens is 3. The molecule has 2 rings (SSSR count). The third-order valence-corrected chi connectivity index (χ3v) is 3.23. The summed E-state index contributed by atoms with van der Waals surface area (Å²) in [6.07, 6.45) is 0.0927. The van der Waals surface area contributed by atoms with Crippen LogP contribution in [0.25, 0.3) is 11.4 Å². The molecule has 0 atom stereocenters. The molecule has 1 aromatic heterocycles. The number of H-pyrrole nitrogens is 1. The van der Waals surface area contributed by atoms with Gasteiger partial charge < -0.3 is 5.11 Å². The number of nitrogens with zero attached hydrogens (tertiary/aromatic N) is 2. The third-order valence-electron chi connectivity index (χ3n) is 2.13. The molecule has 0 amide bonds. The summed E-state index contributed by atoms with van der Waals surface area (Å²) in [4.78, 5) is 14.6. The van der Waals surface area contributed by atoms with Crippen molar-refractivity contribution >= 4 is 29.3 Å². The van der Waals surface area contributed by atoms with Crippen molar-refractivity contribution in [2.24, 2.45) is 0 Å². The summed E-state index contributed by atoms with van der Waals surface area (Å²) >= 11 is 7.10. The summed E-state index contributed by atoms with van der Waals surface area (Å²) in [6, 6.07) is 7.23. The Morgan fingerprint density at radius 1 is 1.39 bits per heavy atom. The zero-order valence-corrected chi connectivity index (χ0v) is 10.8. The first-order valence-electron chi connectivity index (χ1n) is 5.18. The van der Waals surface area contributed by atoms with E-state index in [0.717, 1.165) is 5.56 Å². The van der Waals surface area contributed by atoms with Crippen molar-refractivity contribution in [3.05, 3.63) is 29.3 Å². The van der Waals surface area contributed by atoms with Gasteiger partial charge in [0.15, 0.2) is 5.82 Å². The van der Waals surface area contributed by atoms with Crippen LogP contribution in [0.3, 0.4) is 0 Å². The fourth-order valence-corrected chi connectivity index (χ4v) is 2.13. The summed E-state index contributed by atoms with van der Waals surface area (Å²) in [6.45, 7) is 0. The lowest BCUT2D eigenvalue weighted by atomic mass is 10.2. The lowest BCUT2D eigenvalue weighted by Crippen LogP contribution is -1.95. The molecule has 0 spiro atoms. The van der Waals surface area contributed by atoms with Crippen LogP contribution in [0.1, 0.15) is 6.42 Å². The third kappa shape index (κ3) is 3.48. The number of carboxylic acids is 1. The molecule has 5 nitrogen and oxygen atoms in total. The Bertz CT molecular complexity index is 541. The highest BCUT2D eigenvalue weighted by Crippen LogP contribution is 2.21. The molecule has 0 aliphatic rings. The summed E-state index contributed by atoms with van der Waals surface area (Å²) in [5.74, 6) is 0.271. The molecule has 94 valence electrons. The zero-order valence-electron chi connectivity index (χ0n) is 9.26. The number of halogens is 1. The standard InChI is InChI=1S/C11H10ClN3O2S/c12-8-3-1-7(2-4-8)10-13-11(15-14-10)18-6-5-9(16)17/h1-4H,5-6H2,(H,16,17)(H,13,14,15). The quantitative estimate of drug-likeness (QED) is 0.825. The predicted octanol–water partition coefficient (Wildman–Crippen LogP) is 2.69. The molecule has 1 aromatic carbocycles. The summed E-state index contributed by atoms with van der Waals surface area (Å²) in [5, 5.41) is 16.6. The van der Waals surface area contributed by atoms with Crippen molar-refractivity contribution in [1.82, 2.24) is 15.2 Å². The van der Waals surface area contributed by atoms with E-state index in [1.165, 1.54) is 11.8 Å². The fourth-order valence-electron chi connectivity index (χ4n) is 1.28. The van der Waals surface area contributed by atoms with Gasteiger partial charge in [0.05, 0.1) is 6.42 Å². The Balaban J connectivity index is 2.01. The molecule has 2 N–H and O–H groups in total. The smallest absolute Gasteiger partial charge is 0.304 e. The Labute approximate surface area is 113 Å². The van der Waals surface area contributed by atoms with Gasteiger partial charge in [0.1, 0.15) is 0 Å². The molecular weight excluding hydrogens is 274 g/mol. The van der Waals surface area contributed by atoms with Gasteiger partial charge >= 0.3 is 5.97 Å². The average molecular weight is 284 g/mol. The van der Waals surface area contributed by atoms with Crippen LogP contribution in [0, 0.1) is 0 Å². The molecule has 7 heteroatoms. The predicted molar refractivity (Wildman–Crippen MR) is 69.8 cm³/mol. The molecule has 2 aromatic rings. The van der Waals surface area contributed by atoms with Gasteiger partial charge in [-0.1, -0.05) is 23.4 Å². The number of carbonyl (C=O) groups is 1. The molecule has 0 saturated carbocycles. The van der Waals surface area contributed by atoms with Gasteiger partial charge in [-0.25, -0.2) is 4.98 Å². The van der Waals surface area contributed by atoms with E-state index in [-0.39, 0.29) is 6.42 Å². The van der Waals surface area contributed by atoms with Crippen LogP contribution in [0.5, 0.6) is 0 Å². The van der Waals surface area contributed by atoms with Crippen LogP contribution < -0.4 is 0 Å². The first kappa shape index (κ1) is 12.9. The van der Waals surface area contributed by atoms with Gasteiger partial charge in [-0.15, -0.1) is 5.10 Å². The van der Waals surface area contributed by atoms with Crippen LogP contribution in [-0.2, 0) is 4.79 Å². The number of thioether (sulfide) groups is 1. The minimum atomic E-state index is -0.823. The lowest BCUT2D eigenvalue weighted by Gasteiger charge is -1.95. The number of carboxylic acid groups (broad SMARTS) is 1. The van der Waals surface area contributed by atoms with Crippen LogP contribution in [-0.4, -0.2) is 32.0 Å². The van der Waals surface area contributed by atoms with E-state index in [9.17, 15) is 4.79 Å². The van der Waals surface area contributed by atoms with E-state index in [0.29, 0.717) is 21.8 Å². The molecule has 0 saturated heterocycles. The second-order valence-electron chi connectivity index (χ2n) is 3.47. The van der Waals surface area contributed by atoms with E-state index in [1.807, 2.05) is 12.1 Å². The highest BCUT2D eigenvalue weighted by Gasteiger charge is 2.07. The lowest BCUT2D eigenvalue weighted by molar-refractivity contribution is -0.136. The maximum absolute atomic E-state index is 10.4. The van der Waals surface area contributed by atoms with Gasteiger partial charge in [-0.3, -0.25) is 9.89 Å². The second-order valence-corrected chi connectivity index (χ2v) is 4.96.